The number of hydrogen-bond acceptors (Lipinski definition) is 5. The Bertz CT molecular complexity index is 650. The van der Waals surface area contributed by atoms with Crippen LogP contribution in [-0.2, 0) is 6.67 Å². The van der Waals surface area contributed by atoms with Crippen molar-refractivity contribution in [2.24, 2.45) is 0 Å². The van der Waals surface area contributed by atoms with E-state index in [1.54, 1.807) is 12.3 Å². The molecule has 1 saturated carbocycles. The number of pyridine rings is 1. The normalized spacial score (nSPS) is 15.3. The number of nitrogens with zero attached hydrogens (tertiary/aromatic N) is 2. The molecule has 0 bridgehead atoms. The number of amides is 1. The summed E-state index contributed by atoms with van der Waals surface area (Å²) in [7, 11) is 0. The van der Waals surface area contributed by atoms with Crippen LogP contribution in [0.15, 0.2) is 29.0 Å². The van der Waals surface area contributed by atoms with Crippen molar-refractivity contribution in [3.05, 3.63) is 36.2 Å². The van der Waals surface area contributed by atoms with Crippen LogP contribution < -0.4 is 10.6 Å². The van der Waals surface area contributed by atoms with Gasteiger partial charge in [0.2, 0.25) is 5.89 Å². The second-order valence-electron chi connectivity index (χ2n) is 5.63. The minimum Gasteiger partial charge on any atom is -0.445 e. The predicted molar refractivity (Wildman–Crippen MR) is 84.0 cm³/mol. The van der Waals surface area contributed by atoms with Crippen LogP contribution in [0.4, 0.5) is 15.9 Å². The van der Waals surface area contributed by atoms with Crippen molar-refractivity contribution >= 4 is 17.4 Å². The minimum absolute atomic E-state index is 0.0436. The Labute approximate surface area is 133 Å². The molecule has 1 aliphatic rings. The summed E-state index contributed by atoms with van der Waals surface area (Å²) in [5, 5.41) is 6.06. The molecule has 6 nitrogen and oxygen atoms in total. The second-order valence-corrected chi connectivity index (χ2v) is 5.63. The monoisotopic (exact) mass is 318 g/mol. The van der Waals surface area contributed by atoms with Crippen LogP contribution in [0.3, 0.4) is 0 Å². The zero-order chi connectivity index (χ0) is 16.1. The van der Waals surface area contributed by atoms with Gasteiger partial charge in [-0.25, -0.2) is 14.4 Å². The molecular formula is C16H19FN4O2. The molecule has 122 valence electrons. The van der Waals surface area contributed by atoms with Gasteiger partial charge in [-0.05, 0) is 25.0 Å². The molecule has 1 amide bonds. The molecule has 1 fully saturated rings. The molecule has 0 aliphatic heterocycles. The van der Waals surface area contributed by atoms with E-state index in [2.05, 4.69) is 20.6 Å². The van der Waals surface area contributed by atoms with Gasteiger partial charge in [-0.3, -0.25) is 4.79 Å². The van der Waals surface area contributed by atoms with Gasteiger partial charge in [0.15, 0.2) is 12.4 Å². The summed E-state index contributed by atoms with van der Waals surface area (Å²) in [4.78, 5) is 20.0. The molecule has 2 heterocycles. The summed E-state index contributed by atoms with van der Waals surface area (Å²) in [6, 6.07) is 4.08. The number of carbonyl (C=O) groups is 1. The molecular weight excluding hydrogens is 299 g/mol. The summed E-state index contributed by atoms with van der Waals surface area (Å²) in [6.45, 7) is -0.837. The van der Waals surface area contributed by atoms with E-state index >= 15 is 0 Å². The Morgan fingerprint density at radius 3 is 2.78 bits per heavy atom. The summed E-state index contributed by atoms with van der Waals surface area (Å²) >= 11 is 0. The largest absolute Gasteiger partial charge is 0.445 e. The van der Waals surface area contributed by atoms with Gasteiger partial charge in [-0.1, -0.05) is 19.3 Å². The lowest BCUT2D eigenvalue weighted by Crippen LogP contribution is -2.22. The lowest BCUT2D eigenvalue weighted by atomic mass is 9.95. The molecule has 23 heavy (non-hydrogen) atoms. The molecule has 0 saturated heterocycles. The smallest absolute Gasteiger partial charge is 0.277 e. The third kappa shape index (κ3) is 4.06. The van der Waals surface area contributed by atoms with Crippen molar-refractivity contribution in [1.82, 2.24) is 9.97 Å². The Morgan fingerprint density at radius 1 is 1.30 bits per heavy atom. The van der Waals surface area contributed by atoms with Crippen LogP contribution in [0.1, 0.15) is 48.5 Å². The fraction of sp³-hybridized carbons (Fsp3) is 0.438. The molecule has 2 aromatic rings. The lowest BCUT2D eigenvalue weighted by molar-refractivity contribution is 0.102. The molecule has 0 spiro atoms. The van der Waals surface area contributed by atoms with E-state index in [1.165, 1.54) is 32.1 Å². The van der Waals surface area contributed by atoms with Crippen molar-refractivity contribution in [3.8, 4) is 0 Å². The maximum atomic E-state index is 12.4. The van der Waals surface area contributed by atoms with E-state index in [-0.39, 0.29) is 11.6 Å². The lowest BCUT2D eigenvalue weighted by Gasteiger charge is -2.23. The molecule has 2 aromatic heterocycles. The van der Waals surface area contributed by atoms with Crippen LogP contribution >= 0.6 is 0 Å². The van der Waals surface area contributed by atoms with Gasteiger partial charge in [0.25, 0.3) is 5.91 Å². The van der Waals surface area contributed by atoms with E-state index in [0.29, 0.717) is 11.7 Å². The average molecular weight is 318 g/mol. The first-order chi connectivity index (χ1) is 11.2. The van der Waals surface area contributed by atoms with Gasteiger partial charge in [0.05, 0.1) is 11.9 Å². The van der Waals surface area contributed by atoms with Gasteiger partial charge in [0.1, 0.15) is 12.1 Å². The van der Waals surface area contributed by atoms with Crippen LogP contribution in [0.5, 0.6) is 0 Å². The Morgan fingerprint density at radius 2 is 2.13 bits per heavy atom. The van der Waals surface area contributed by atoms with E-state index < -0.39 is 12.6 Å². The van der Waals surface area contributed by atoms with Crippen molar-refractivity contribution in [2.75, 3.05) is 10.6 Å². The topological polar surface area (TPSA) is 80.0 Å². The van der Waals surface area contributed by atoms with Crippen LogP contribution in [0, 0.1) is 0 Å². The molecule has 2 N–H and O–H groups in total. The van der Waals surface area contributed by atoms with E-state index in [9.17, 15) is 9.18 Å². The Balaban J connectivity index is 1.57. The number of hydrogen-bond donors (Lipinski definition) is 2. The third-order valence-corrected chi connectivity index (χ3v) is 3.88. The predicted octanol–water partition coefficient (Wildman–Crippen LogP) is 3.54. The SMILES string of the molecule is O=C(Nc1ccc(NC2CCCCC2)nc1)c1coc(CF)n1. The van der Waals surface area contributed by atoms with Crippen LogP contribution in [-0.4, -0.2) is 21.9 Å². The maximum absolute atomic E-state index is 12.4. The second kappa shape index (κ2) is 7.21. The first kappa shape index (κ1) is 15.5. The highest BCUT2D eigenvalue weighted by Gasteiger charge is 2.14. The number of alkyl halides is 1. The standard InChI is InChI=1S/C16H19FN4O2/c17-8-15-21-13(10-23-15)16(22)20-12-6-7-14(18-9-12)19-11-4-2-1-3-5-11/h6-7,9-11H,1-5,8H2,(H,18,19)(H,20,22). The van der Waals surface area contributed by atoms with Crippen molar-refractivity contribution < 1.29 is 13.6 Å². The Hall–Kier alpha value is -2.44. The fourth-order valence-corrected chi connectivity index (χ4v) is 2.68. The number of aromatic nitrogens is 2. The summed E-state index contributed by atoms with van der Waals surface area (Å²) in [5.41, 5.74) is 0.594. The number of halogens is 1. The van der Waals surface area contributed by atoms with E-state index in [4.69, 9.17) is 4.42 Å². The molecule has 0 aromatic carbocycles. The van der Waals surface area contributed by atoms with Gasteiger partial charge >= 0.3 is 0 Å². The number of carbonyl (C=O) groups excluding carboxylic acids is 1. The van der Waals surface area contributed by atoms with Crippen LogP contribution in [0.25, 0.3) is 0 Å². The van der Waals surface area contributed by atoms with Gasteiger partial charge < -0.3 is 15.1 Å². The first-order valence-electron chi connectivity index (χ1n) is 7.79. The first-order valence-corrected chi connectivity index (χ1v) is 7.79. The molecule has 7 heteroatoms. The number of anilines is 2. The molecule has 0 radical (unpaired) electrons. The zero-order valence-electron chi connectivity index (χ0n) is 12.7. The molecule has 1 aliphatic carbocycles. The quantitative estimate of drug-likeness (QED) is 0.881. The van der Waals surface area contributed by atoms with Crippen molar-refractivity contribution in [1.29, 1.82) is 0 Å². The van der Waals surface area contributed by atoms with Crippen molar-refractivity contribution in [3.63, 3.8) is 0 Å². The van der Waals surface area contributed by atoms with E-state index in [0.717, 1.165) is 12.1 Å². The van der Waals surface area contributed by atoms with Crippen molar-refractivity contribution in [2.45, 2.75) is 44.8 Å². The summed E-state index contributed by atoms with van der Waals surface area (Å²) in [5.74, 6) is 0.236. The summed E-state index contributed by atoms with van der Waals surface area (Å²) < 4.78 is 17.2. The third-order valence-electron chi connectivity index (χ3n) is 3.88. The van der Waals surface area contributed by atoms with Gasteiger partial charge in [0, 0.05) is 6.04 Å². The highest BCUT2D eigenvalue weighted by molar-refractivity contribution is 6.02. The highest BCUT2D eigenvalue weighted by Crippen LogP contribution is 2.21. The van der Waals surface area contributed by atoms with Gasteiger partial charge in [-0.15, -0.1) is 0 Å². The average Bonchev–Trinajstić information content (AvgIpc) is 3.07. The number of oxazole rings is 1. The highest BCUT2D eigenvalue weighted by atomic mass is 19.1. The molecule has 0 unspecified atom stereocenters. The zero-order valence-corrected chi connectivity index (χ0v) is 12.7. The summed E-state index contributed by atoms with van der Waals surface area (Å²) in [6.07, 6.45) is 8.87. The minimum atomic E-state index is -0.837. The maximum Gasteiger partial charge on any atom is 0.277 e. The van der Waals surface area contributed by atoms with Gasteiger partial charge in [-0.2, -0.15) is 0 Å². The Kier molecular flexibility index (Phi) is 4.85. The van der Waals surface area contributed by atoms with Crippen LogP contribution in [0.2, 0.25) is 0 Å². The molecule has 3 rings (SSSR count). The fourth-order valence-electron chi connectivity index (χ4n) is 2.68. The number of nitrogens with one attached hydrogen (secondary N) is 2. The van der Waals surface area contributed by atoms with E-state index in [1.807, 2.05) is 6.07 Å². The molecule has 0 atom stereocenters. The number of rotatable bonds is 5.